The van der Waals surface area contributed by atoms with Crippen LogP contribution < -0.4 is 15.4 Å². The molecular formula is C29H36FN5O7S. The number of hydrogen-bond acceptors (Lipinski definition) is 8. The maximum Gasteiger partial charge on any atom is 0.323 e. The second kappa shape index (κ2) is 13.1. The van der Waals surface area contributed by atoms with Gasteiger partial charge in [-0.05, 0) is 63.2 Å². The van der Waals surface area contributed by atoms with Gasteiger partial charge in [0.15, 0.2) is 5.76 Å². The van der Waals surface area contributed by atoms with Crippen molar-refractivity contribution in [2.24, 2.45) is 5.92 Å². The minimum absolute atomic E-state index is 0.00791. The molecule has 3 aromatic rings. The van der Waals surface area contributed by atoms with Gasteiger partial charge in [-0.15, -0.1) is 0 Å². The topological polar surface area (TPSA) is 154 Å². The lowest BCUT2D eigenvalue weighted by atomic mass is 10.0. The van der Waals surface area contributed by atoms with Crippen molar-refractivity contribution in [2.75, 3.05) is 37.4 Å². The number of amides is 3. The molecule has 14 heteroatoms. The van der Waals surface area contributed by atoms with E-state index in [1.165, 1.54) is 42.5 Å². The fourth-order valence-corrected chi connectivity index (χ4v) is 6.37. The average Bonchev–Trinajstić information content (AvgIpc) is 3.32. The first kappa shape index (κ1) is 31.9. The molecule has 4 rings (SSSR count). The highest BCUT2D eigenvalue weighted by Crippen LogP contribution is 2.30. The molecule has 0 bridgehead atoms. The number of anilines is 2. The SMILES string of the molecule is Cc1noc(C)c1S(=O)(=O)N(C)C[C@H]1Oc2ccc(NC(=O)Nc3ccc(F)cc3)cc2CC(=O)N([C@@H](C)CO)C[C@H]1C. The second-order valence-electron chi connectivity index (χ2n) is 10.7. The number of fused-ring (bicyclic) bond motifs is 1. The Morgan fingerprint density at radius 1 is 1.19 bits per heavy atom. The number of carbonyl (C=O) groups excluding carboxylic acids is 2. The van der Waals surface area contributed by atoms with Gasteiger partial charge in [0.1, 0.15) is 28.3 Å². The molecular weight excluding hydrogens is 581 g/mol. The number of aryl methyl sites for hydroxylation is 2. The Hall–Kier alpha value is -4.01. The molecule has 0 aliphatic carbocycles. The van der Waals surface area contributed by atoms with E-state index in [4.69, 9.17) is 9.26 Å². The van der Waals surface area contributed by atoms with Crippen molar-refractivity contribution < 1.29 is 36.8 Å². The fraction of sp³-hybridized carbons (Fsp3) is 0.414. The number of urea groups is 1. The van der Waals surface area contributed by atoms with Gasteiger partial charge < -0.3 is 29.9 Å². The van der Waals surface area contributed by atoms with E-state index in [-0.39, 0.29) is 54.3 Å². The summed E-state index contributed by atoms with van der Waals surface area (Å²) in [6, 6.07) is 9.05. The minimum Gasteiger partial charge on any atom is -0.488 e. The first-order valence-corrected chi connectivity index (χ1v) is 15.2. The van der Waals surface area contributed by atoms with Gasteiger partial charge in [-0.1, -0.05) is 12.1 Å². The summed E-state index contributed by atoms with van der Waals surface area (Å²) in [5.41, 5.74) is 1.48. The summed E-state index contributed by atoms with van der Waals surface area (Å²) >= 11 is 0. The van der Waals surface area contributed by atoms with Crippen LogP contribution >= 0.6 is 0 Å². The van der Waals surface area contributed by atoms with E-state index in [0.717, 1.165) is 0 Å². The van der Waals surface area contributed by atoms with Gasteiger partial charge in [0.25, 0.3) is 0 Å². The Bertz CT molecular complexity index is 1560. The van der Waals surface area contributed by atoms with Crippen LogP contribution in [-0.2, 0) is 21.2 Å². The number of hydrogen-bond donors (Lipinski definition) is 3. The van der Waals surface area contributed by atoms with E-state index >= 15 is 0 Å². The predicted octanol–water partition coefficient (Wildman–Crippen LogP) is 3.54. The molecule has 12 nitrogen and oxygen atoms in total. The minimum atomic E-state index is -3.98. The normalized spacial score (nSPS) is 18.2. The highest BCUT2D eigenvalue weighted by molar-refractivity contribution is 7.89. The van der Waals surface area contributed by atoms with E-state index in [1.54, 1.807) is 36.9 Å². The largest absolute Gasteiger partial charge is 0.488 e. The zero-order valence-corrected chi connectivity index (χ0v) is 25.4. The molecule has 0 spiro atoms. The highest BCUT2D eigenvalue weighted by atomic mass is 32.2. The second-order valence-corrected chi connectivity index (χ2v) is 12.7. The number of benzene rings is 2. The van der Waals surface area contributed by atoms with Crippen LogP contribution in [0.2, 0.25) is 0 Å². The van der Waals surface area contributed by atoms with Crippen molar-refractivity contribution in [3.8, 4) is 5.75 Å². The van der Waals surface area contributed by atoms with Crippen molar-refractivity contribution in [2.45, 2.75) is 51.2 Å². The molecule has 2 heterocycles. The van der Waals surface area contributed by atoms with Crippen LogP contribution in [0.25, 0.3) is 0 Å². The molecule has 43 heavy (non-hydrogen) atoms. The number of likely N-dealkylation sites (N-methyl/N-ethyl adjacent to an activating group) is 1. The summed E-state index contributed by atoms with van der Waals surface area (Å²) in [5.74, 6) is -0.501. The van der Waals surface area contributed by atoms with Crippen LogP contribution in [0.15, 0.2) is 51.9 Å². The van der Waals surface area contributed by atoms with Crippen molar-refractivity contribution in [3.05, 3.63) is 65.3 Å². The maximum atomic E-state index is 13.5. The third-order valence-corrected chi connectivity index (χ3v) is 9.42. The molecule has 232 valence electrons. The molecule has 1 aliphatic heterocycles. The van der Waals surface area contributed by atoms with Gasteiger partial charge in [0.05, 0.1) is 25.6 Å². The van der Waals surface area contributed by atoms with Gasteiger partial charge in [-0.25, -0.2) is 17.6 Å². The predicted molar refractivity (Wildman–Crippen MR) is 157 cm³/mol. The Morgan fingerprint density at radius 3 is 2.47 bits per heavy atom. The van der Waals surface area contributed by atoms with E-state index in [9.17, 15) is 27.5 Å². The van der Waals surface area contributed by atoms with Crippen LogP contribution in [0.1, 0.15) is 30.9 Å². The quantitative estimate of drug-likeness (QED) is 0.347. The summed E-state index contributed by atoms with van der Waals surface area (Å²) in [7, 11) is -2.54. The molecule has 3 N–H and O–H groups in total. The maximum absolute atomic E-state index is 13.5. The lowest BCUT2D eigenvalue weighted by molar-refractivity contribution is -0.134. The fourth-order valence-electron chi connectivity index (χ4n) is 4.90. The number of halogens is 1. The molecule has 1 aromatic heterocycles. The van der Waals surface area contributed by atoms with Crippen LogP contribution in [-0.4, -0.2) is 78.7 Å². The van der Waals surface area contributed by atoms with Gasteiger partial charge in [-0.2, -0.15) is 4.31 Å². The van der Waals surface area contributed by atoms with E-state index in [1.807, 2.05) is 6.92 Å². The number of rotatable bonds is 8. The first-order chi connectivity index (χ1) is 20.3. The number of nitrogens with zero attached hydrogens (tertiary/aromatic N) is 3. The van der Waals surface area contributed by atoms with Crippen molar-refractivity contribution in [1.82, 2.24) is 14.4 Å². The molecule has 0 saturated heterocycles. The van der Waals surface area contributed by atoms with Gasteiger partial charge in [-0.3, -0.25) is 4.79 Å². The van der Waals surface area contributed by atoms with Crippen molar-refractivity contribution in [1.29, 1.82) is 0 Å². The Labute approximate surface area is 249 Å². The molecule has 0 radical (unpaired) electrons. The van der Waals surface area contributed by atoms with E-state index in [0.29, 0.717) is 22.7 Å². The van der Waals surface area contributed by atoms with Crippen molar-refractivity contribution >= 4 is 33.3 Å². The van der Waals surface area contributed by atoms with Crippen LogP contribution in [0.5, 0.6) is 5.75 Å². The molecule has 3 atom stereocenters. The van der Waals surface area contributed by atoms with E-state index < -0.39 is 34.0 Å². The Balaban J connectivity index is 1.62. The lowest BCUT2D eigenvalue weighted by Crippen LogP contribution is -2.48. The van der Waals surface area contributed by atoms with Gasteiger partial charge in [0, 0.05) is 36.4 Å². The summed E-state index contributed by atoms with van der Waals surface area (Å²) in [4.78, 5) is 27.6. The average molecular weight is 618 g/mol. The Morgan fingerprint density at radius 2 is 1.84 bits per heavy atom. The lowest BCUT2D eigenvalue weighted by Gasteiger charge is -2.33. The standard InChI is InChI=1S/C29H36FN5O7S/c1-17-14-35(18(2)16-36)27(37)13-21-12-24(32-29(38)31-23-8-6-22(30)7-9-23)10-11-25(21)41-26(17)15-34(5)43(39,40)28-19(3)33-42-20(28)4/h6-12,17-18,26,36H,13-16H2,1-5H3,(H2,31,32,38)/t17-,18+,26-/m1/s1. The Kier molecular flexibility index (Phi) is 9.72. The van der Waals surface area contributed by atoms with Crippen LogP contribution in [0, 0.1) is 25.6 Å². The monoisotopic (exact) mass is 617 g/mol. The van der Waals surface area contributed by atoms with Crippen molar-refractivity contribution in [3.63, 3.8) is 0 Å². The number of aliphatic hydroxyl groups is 1. The first-order valence-electron chi connectivity index (χ1n) is 13.7. The number of carbonyl (C=O) groups is 2. The third-order valence-electron chi connectivity index (χ3n) is 7.35. The molecule has 0 unspecified atom stereocenters. The number of nitrogens with one attached hydrogen (secondary N) is 2. The number of aromatic nitrogens is 1. The third kappa shape index (κ3) is 7.32. The summed E-state index contributed by atoms with van der Waals surface area (Å²) in [6.07, 6.45) is -0.777. The summed E-state index contributed by atoms with van der Waals surface area (Å²) < 4.78 is 52.8. The molecule has 3 amide bonds. The number of sulfonamides is 1. The van der Waals surface area contributed by atoms with Gasteiger partial charge in [0.2, 0.25) is 15.9 Å². The molecule has 0 saturated carbocycles. The zero-order chi connectivity index (χ0) is 31.5. The van der Waals surface area contributed by atoms with Gasteiger partial charge >= 0.3 is 6.03 Å². The number of aliphatic hydroxyl groups excluding tert-OH is 1. The number of ether oxygens (including phenoxy) is 1. The molecule has 2 aromatic carbocycles. The summed E-state index contributed by atoms with van der Waals surface area (Å²) in [6.45, 7) is 6.56. The zero-order valence-electron chi connectivity index (χ0n) is 24.6. The van der Waals surface area contributed by atoms with E-state index in [2.05, 4.69) is 15.8 Å². The van der Waals surface area contributed by atoms with Crippen LogP contribution in [0.3, 0.4) is 0 Å². The highest BCUT2D eigenvalue weighted by Gasteiger charge is 2.35. The molecule has 1 aliphatic rings. The van der Waals surface area contributed by atoms with Crippen LogP contribution in [0.4, 0.5) is 20.6 Å². The molecule has 0 fully saturated rings. The smallest absolute Gasteiger partial charge is 0.323 e. The summed E-state index contributed by atoms with van der Waals surface area (Å²) in [5, 5.41) is 19.0.